The number of unbranched alkanes of at least 4 members (excludes halogenated alkanes) is 1. The van der Waals surface area contributed by atoms with Gasteiger partial charge in [0.15, 0.2) is 0 Å². The van der Waals surface area contributed by atoms with E-state index in [1.165, 1.54) is 0 Å². The molecule has 1 saturated heterocycles. The lowest BCUT2D eigenvalue weighted by molar-refractivity contribution is 0.0582. The minimum absolute atomic E-state index is 0.292. The number of phosphoric ester groups is 1. The van der Waals surface area contributed by atoms with Crippen molar-refractivity contribution in [3.8, 4) is 16.9 Å². The molecule has 0 spiro atoms. The van der Waals surface area contributed by atoms with Crippen LogP contribution in [0.4, 0.5) is 0 Å². The Morgan fingerprint density at radius 1 is 1.04 bits per heavy atom. The van der Waals surface area contributed by atoms with Crippen molar-refractivity contribution in [2.24, 2.45) is 5.92 Å². The third-order valence-electron chi connectivity index (χ3n) is 4.08. The number of benzene rings is 2. The second-order valence-electron chi connectivity index (χ2n) is 6.00. The molecular formula is C19H23O4P. The van der Waals surface area contributed by atoms with Crippen molar-refractivity contribution in [3.63, 3.8) is 0 Å². The van der Waals surface area contributed by atoms with E-state index in [2.05, 4.69) is 6.92 Å². The molecule has 0 atom stereocenters. The van der Waals surface area contributed by atoms with E-state index in [-0.39, 0.29) is 0 Å². The summed E-state index contributed by atoms with van der Waals surface area (Å²) in [5.74, 6) is 0.805. The molecule has 0 amide bonds. The summed E-state index contributed by atoms with van der Waals surface area (Å²) >= 11 is 0. The summed E-state index contributed by atoms with van der Waals surface area (Å²) in [6.45, 7) is 2.99. The van der Waals surface area contributed by atoms with Gasteiger partial charge in [-0.3, -0.25) is 9.05 Å². The maximum absolute atomic E-state index is 12.7. The minimum atomic E-state index is -3.55. The van der Waals surface area contributed by atoms with Crippen LogP contribution in [0.3, 0.4) is 0 Å². The first-order valence-electron chi connectivity index (χ1n) is 8.43. The van der Waals surface area contributed by atoms with Gasteiger partial charge >= 0.3 is 7.82 Å². The summed E-state index contributed by atoms with van der Waals surface area (Å²) in [7, 11) is -3.55. The molecule has 4 nitrogen and oxygen atoms in total. The van der Waals surface area contributed by atoms with Crippen molar-refractivity contribution in [2.45, 2.75) is 26.2 Å². The molecule has 5 heteroatoms. The molecule has 0 unspecified atom stereocenters. The highest BCUT2D eigenvalue weighted by atomic mass is 31.2. The van der Waals surface area contributed by atoms with E-state index >= 15 is 0 Å². The fourth-order valence-electron chi connectivity index (χ4n) is 2.71. The molecular weight excluding hydrogens is 323 g/mol. The molecule has 1 heterocycles. The fourth-order valence-corrected chi connectivity index (χ4v) is 4.08. The van der Waals surface area contributed by atoms with Gasteiger partial charge < -0.3 is 4.52 Å². The lowest BCUT2D eigenvalue weighted by atomic mass is 10.0. The average molecular weight is 346 g/mol. The monoisotopic (exact) mass is 346 g/mol. The highest BCUT2D eigenvalue weighted by Gasteiger charge is 2.36. The summed E-state index contributed by atoms with van der Waals surface area (Å²) in [6, 6.07) is 17.3. The zero-order valence-electron chi connectivity index (χ0n) is 13.9. The van der Waals surface area contributed by atoms with E-state index in [4.69, 9.17) is 13.6 Å². The Morgan fingerprint density at radius 2 is 1.71 bits per heavy atom. The van der Waals surface area contributed by atoms with E-state index in [1.54, 1.807) is 6.07 Å². The molecule has 0 aromatic heterocycles. The summed E-state index contributed by atoms with van der Waals surface area (Å²) in [5, 5.41) is 0. The molecule has 1 aliphatic rings. The van der Waals surface area contributed by atoms with E-state index in [1.807, 2.05) is 48.5 Å². The molecule has 2 aromatic rings. The van der Waals surface area contributed by atoms with Gasteiger partial charge in [-0.15, -0.1) is 0 Å². The van der Waals surface area contributed by atoms with Gasteiger partial charge in [-0.25, -0.2) is 4.57 Å². The van der Waals surface area contributed by atoms with Gasteiger partial charge in [0.1, 0.15) is 5.75 Å². The molecule has 1 aliphatic heterocycles. The summed E-state index contributed by atoms with van der Waals surface area (Å²) in [4.78, 5) is 0. The molecule has 128 valence electrons. The van der Waals surface area contributed by atoms with Crippen LogP contribution in [-0.2, 0) is 13.6 Å². The van der Waals surface area contributed by atoms with Gasteiger partial charge in [-0.1, -0.05) is 68.3 Å². The molecule has 3 rings (SSSR count). The van der Waals surface area contributed by atoms with E-state index in [0.29, 0.717) is 24.9 Å². The third kappa shape index (κ3) is 4.27. The van der Waals surface area contributed by atoms with Crippen LogP contribution in [-0.4, -0.2) is 13.2 Å². The van der Waals surface area contributed by atoms with Crippen molar-refractivity contribution in [1.82, 2.24) is 0 Å². The first kappa shape index (κ1) is 17.2. The Bertz CT molecular complexity index is 690. The second-order valence-corrected chi connectivity index (χ2v) is 7.59. The summed E-state index contributed by atoms with van der Waals surface area (Å²) in [6.07, 6.45) is 3.28. The normalized spacial score (nSPS) is 23.8. The Morgan fingerprint density at radius 3 is 2.42 bits per heavy atom. The molecule has 1 fully saturated rings. The van der Waals surface area contributed by atoms with Gasteiger partial charge in [0.25, 0.3) is 0 Å². The van der Waals surface area contributed by atoms with E-state index in [0.717, 1.165) is 30.4 Å². The van der Waals surface area contributed by atoms with Crippen LogP contribution in [0.25, 0.3) is 11.1 Å². The number of para-hydroxylation sites is 1. The van der Waals surface area contributed by atoms with Gasteiger partial charge in [-0.05, 0) is 18.1 Å². The zero-order valence-corrected chi connectivity index (χ0v) is 14.8. The van der Waals surface area contributed by atoms with Gasteiger partial charge in [0.2, 0.25) is 0 Å². The van der Waals surface area contributed by atoms with Crippen LogP contribution in [0.1, 0.15) is 26.2 Å². The number of hydrogen-bond donors (Lipinski definition) is 0. The van der Waals surface area contributed by atoms with Crippen LogP contribution in [0, 0.1) is 5.92 Å². The lowest BCUT2D eigenvalue weighted by Crippen LogP contribution is -2.23. The molecule has 0 bridgehead atoms. The fraction of sp³-hybridized carbons (Fsp3) is 0.368. The highest BCUT2D eigenvalue weighted by Crippen LogP contribution is 2.54. The van der Waals surface area contributed by atoms with Crippen molar-refractivity contribution < 1.29 is 18.1 Å². The minimum Gasteiger partial charge on any atom is -0.403 e. The maximum atomic E-state index is 12.7. The summed E-state index contributed by atoms with van der Waals surface area (Å²) in [5.41, 5.74) is 1.87. The Hall–Kier alpha value is -1.61. The summed E-state index contributed by atoms with van der Waals surface area (Å²) < 4.78 is 29.4. The number of rotatable bonds is 6. The molecule has 0 aliphatic carbocycles. The highest BCUT2D eigenvalue weighted by molar-refractivity contribution is 7.49. The van der Waals surface area contributed by atoms with Crippen molar-refractivity contribution in [3.05, 3.63) is 54.6 Å². The molecule has 0 N–H and O–H groups in total. The lowest BCUT2D eigenvalue weighted by Gasteiger charge is -2.28. The molecule has 2 aromatic carbocycles. The average Bonchev–Trinajstić information content (AvgIpc) is 2.62. The molecule has 0 radical (unpaired) electrons. The van der Waals surface area contributed by atoms with Crippen LogP contribution in [0.2, 0.25) is 0 Å². The second kappa shape index (κ2) is 7.98. The standard InChI is InChI=1S/C19H23O4P/c1-2-3-9-16-14-21-24(20,22-15-16)23-19-13-8-7-12-18(19)17-10-5-4-6-11-17/h4-8,10-13,16H,2-3,9,14-15H2,1H3. The first-order chi connectivity index (χ1) is 11.7. The number of hydrogen-bond acceptors (Lipinski definition) is 4. The molecule has 24 heavy (non-hydrogen) atoms. The van der Waals surface area contributed by atoms with Crippen LogP contribution >= 0.6 is 7.82 Å². The zero-order chi connectivity index (χ0) is 16.8. The SMILES string of the molecule is CCCCC1COP(=O)(Oc2ccccc2-c2ccccc2)OC1. The van der Waals surface area contributed by atoms with Crippen molar-refractivity contribution in [2.75, 3.05) is 13.2 Å². The van der Waals surface area contributed by atoms with Crippen molar-refractivity contribution >= 4 is 7.82 Å². The predicted octanol–water partition coefficient (Wildman–Crippen LogP) is 5.69. The maximum Gasteiger partial charge on any atom is 0.530 e. The van der Waals surface area contributed by atoms with Gasteiger partial charge in [-0.2, -0.15) is 0 Å². The van der Waals surface area contributed by atoms with E-state index < -0.39 is 7.82 Å². The van der Waals surface area contributed by atoms with E-state index in [9.17, 15) is 4.57 Å². The Kier molecular flexibility index (Phi) is 5.72. The largest absolute Gasteiger partial charge is 0.530 e. The smallest absolute Gasteiger partial charge is 0.403 e. The predicted molar refractivity (Wildman–Crippen MR) is 95.0 cm³/mol. The topological polar surface area (TPSA) is 44.8 Å². The first-order valence-corrected chi connectivity index (χ1v) is 9.89. The quantitative estimate of drug-likeness (QED) is 0.630. The van der Waals surface area contributed by atoms with Crippen LogP contribution in [0.15, 0.2) is 54.6 Å². The number of phosphoric acid groups is 1. The van der Waals surface area contributed by atoms with Gasteiger partial charge in [0, 0.05) is 11.5 Å². The molecule has 0 saturated carbocycles. The van der Waals surface area contributed by atoms with Crippen LogP contribution < -0.4 is 4.52 Å². The Labute approximate surface area is 143 Å². The Balaban J connectivity index is 1.72. The third-order valence-corrected chi connectivity index (χ3v) is 5.44. The van der Waals surface area contributed by atoms with Crippen molar-refractivity contribution in [1.29, 1.82) is 0 Å². The van der Waals surface area contributed by atoms with Gasteiger partial charge in [0.05, 0.1) is 13.2 Å². The van der Waals surface area contributed by atoms with Crippen LogP contribution in [0.5, 0.6) is 5.75 Å².